The van der Waals surface area contributed by atoms with Crippen LogP contribution in [0.1, 0.15) is 0 Å². The summed E-state index contributed by atoms with van der Waals surface area (Å²) >= 11 is 61.1. The van der Waals surface area contributed by atoms with Crippen LogP contribution < -0.4 is 31.8 Å². The number of halogens is 12. The van der Waals surface area contributed by atoms with Gasteiger partial charge in [-0.15, -0.1) is 0 Å². The summed E-state index contributed by atoms with van der Waals surface area (Å²) in [5, 5.41) is 10.1. The highest BCUT2D eigenvalue weighted by Gasteiger charge is 2.29. The summed E-state index contributed by atoms with van der Waals surface area (Å²) in [7, 11) is -2.11. The first-order chi connectivity index (χ1) is 23.8. The maximum atomic E-state index is 6.60. The average molecular weight is 1200 g/mol. The van der Waals surface area contributed by atoms with E-state index in [4.69, 9.17) is 69.6 Å². The maximum Gasteiger partial charge on any atom is 0.0554 e. The summed E-state index contributed by atoms with van der Waals surface area (Å²) in [6.45, 7) is 0. The molecule has 0 N–H and O–H groups in total. The molecule has 0 aliphatic heterocycles. The Morgan fingerprint density at radius 2 is 0.520 bits per heavy atom. The predicted octanol–water partition coefficient (Wildman–Crippen LogP) is 15.4. The number of hydrogen-bond acceptors (Lipinski definition) is 0. The van der Waals surface area contributed by atoms with Crippen molar-refractivity contribution in [1.29, 1.82) is 0 Å². The van der Waals surface area contributed by atoms with E-state index in [1.54, 1.807) is 0 Å². The summed E-state index contributed by atoms with van der Waals surface area (Å²) < 4.78 is 5.44. The molecule has 0 spiro atoms. The normalized spacial score (nSPS) is 11.2. The molecule has 0 unspecified atom stereocenters. The van der Waals surface area contributed by atoms with Crippen molar-refractivity contribution in [2.45, 2.75) is 0 Å². The zero-order valence-corrected chi connectivity index (χ0v) is 40.7. The van der Waals surface area contributed by atoms with Crippen LogP contribution in [0.3, 0.4) is 0 Å². The minimum atomic E-state index is -1.06. The molecule has 6 rings (SSSR count). The summed E-state index contributed by atoms with van der Waals surface area (Å²) in [5.74, 6) is 0. The quantitative estimate of drug-likeness (QED) is 0.146. The van der Waals surface area contributed by atoms with Crippen molar-refractivity contribution < 1.29 is 0 Å². The van der Waals surface area contributed by atoms with Gasteiger partial charge < -0.3 is 0 Å². The fourth-order valence-electron chi connectivity index (χ4n) is 4.85. The molecule has 0 radical (unpaired) electrons. The average Bonchev–Trinajstić information content (AvgIpc) is 3.06. The van der Waals surface area contributed by atoms with Gasteiger partial charge in [0.2, 0.25) is 0 Å². The molecule has 0 atom stereocenters. The van der Waals surface area contributed by atoms with Crippen LogP contribution in [-0.2, 0) is 0 Å². The molecule has 0 amide bonds. The van der Waals surface area contributed by atoms with Gasteiger partial charge in [-0.05, 0) is 108 Å². The van der Waals surface area contributed by atoms with E-state index in [-0.39, 0.29) is 0 Å². The predicted molar refractivity (Wildman–Crippen MR) is 247 cm³/mol. The van der Waals surface area contributed by atoms with Crippen LogP contribution in [-0.4, -0.2) is 0 Å². The number of benzene rings is 6. The summed E-state index contributed by atoms with van der Waals surface area (Å²) in [4.78, 5) is 0. The standard InChI is InChI=1S/2C18H9Br3Cl3P/c2*19-10-4-1-7-13(23)17(10)25(15-9-3-6-12(22)16(15)21)18-11(20)5-2-8-14(18)24/h2*1-9H. The molecular weight excluding hydrogens is 1190 g/mol. The molecule has 0 nitrogen and oxygen atoms in total. The van der Waals surface area contributed by atoms with Crippen molar-refractivity contribution in [3.05, 3.63) is 166 Å². The van der Waals surface area contributed by atoms with E-state index >= 15 is 0 Å². The van der Waals surface area contributed by atoms with E-state index in [1.165, 1.54) is 0 Å². The monoisotopic (exact) mass is 1200 g/mol. The SMILES string of the molecule is Clc1cccc(P(c2c(Cl)cccc2Br)c2c(Cl)cccc2Br)c1Br.Clc1cccc(P(c2c(Cl)cccc2Br)c2c(Cl)cccc2Br)c1Br. The van der Waals surface area contributed by atoms with Crippen molar-refractivity contribution in [2.75, 3.05) is 0 Å². The van der Waals surface area contributed by atoms with Crippen molar-refractivity contribution in [2.24, 2.45) is 0 Å². The second-order valence-electron chi connectivity index (χ2n) is 10.1. The Morgan fingerprint density at radius 1 is 0.300 bits per heavy atom. The third-order valence-corrected chi connectivity index (χ3v) is 21.5. The van der Waals surface area contributed by atoms with Crippen LogP contribution in [0.25, 0.3) is 0 Å². The Hall–Kier alpha value is 0.800. The fourth-order valence-corrected chi connectivity index (χ4v) is 17.5. The Labute approximate surface area is 374 Å². The van der Waals surface area contributed by atoms with E-state index in [1.807, 2.05) is 109 Å². The Balaban J connectivity index is 0.000000194. The van der Waals surface area contributed by atoms with Crippen molar-refractivity contribution in [3.8, 4) is 0 Å². The van der Waals surface area contributed by atoms with Crippen molar-refractivity contribution >= 4 is 213 Å². The summed E-state index contributed by atoms with van der Waals surface area (Å²) in [6, 6.07) is 34.8. The third-order valence-electron chi connectivity index (χ3n) is 6.99. The van der Waals surface area contributed by atoms with Gasteiger partial charge in [0.25, 0.3) is 0 Å². The van der Waals surface area contributed by atoms with Gasteiger partial charge in [0, 0.05) is 58.7 Å². The van der Waals surface area contributed by atoms with Gasteiger partial charge in [-0.25, -0.2) is 0 Å². The molecule has 0 aliphatic carbocycles. The van der Waals surface area contributed by atoms with E-state index in [0.29, 0.717) is 30.1 Å². The van der Waals surface area contributed by atoms with Crippen LogP contribution in [0.15, 0.2) is 136 Å². The minimum Gasteiger partial charge on any atom is -0.0836 e. The Morgan fingerprint density at radius 3 is 0.760 bits per heavy atom. The lowest BCUT2D eigenvalue weighted by atomic mass is 10.3. The molecule has 50 heavy (non-hydrogen) atoms. The molecule has 0 aromatic heterocycles. The highest BCUT2D eigenvalue weighted by atomic mass is 79.9. The first kappa shape index (κ1) is 42.0. The van der Waals surface area contributed by atoms with E-state index in [0.717, 1.165) is 58.7 Å². The Kier molecular flexibility index (Phi) is 16.0. The van der Waals surface area contributed by atoms with Crippen molar-refractivity contribution in [3.63, 3.8) is 0 Å². The van der Waals surface area contributed by atoms with Crippen LogP contribution in [0.5, 0.6) is 0 Å². The second-order valence-corrected chi connectivity index (χ2v) is 21.6. The second kappa shape index (κ2) is 19.1. The number of hydrogen-bond donors (Lipinski definition) is 0. The molecule has 6 aromatic rings. The van der Waals surface area contributed by atoms with Crippen LogP contribution in [0.2, 0.25) is 30.1 Å². The molecule has 256 valence electrons. The van der Waals surface area contributed by atoms with Crippen LogP contribution >= 0.6 is 181 Å². The molecule has 6 aromatic carbocycles. The molecule has 14 heteroatoms. The van der Waals surface area contributed by atoms with E-state index < -0.39 is 15.8 Å². The van der Waals surface area contributed by atoms with Gasteiger partial charge in [0.1, 0.15) is 0 Å². The molecule has 0 aliphatic rings. The zero-order valence-electron chi connectivity index (χ0n) is 24.8. The molecule has 0 heterocycles. The highest BCUT2D eigenvalue weighted by Crippen LogP contribution is 2.47. The topological polar surface area (TPSA) is 0 Å². The molecule has 0 saturated carbocycles. The van der Waals surface area contributed by atoms with Crippen LogP contribution in [0, 0.1) is 0 Å². The third kappa shape index (κ3) is 9.42. The van der Waals surface area contributed by atoms with Gasteiger partial charge in [-0.1, -0.05) is 182 Å². The lowest BCUT2D eigenvalue weighted by molar-refractivity contribution is 1.67. The van der Waals surface area contributed by atoms with Gasteiger partial charge in [-0.3, -0.25) is 0 Å². The van der Waals surface area contributed by atoms with E-state index in [9.17, 15) is 0 Å². The van der Waals surface area contributed by atoms with Gasteiger partial charge in [0.05, 0.1) is 30.1 Å². The summed E-state index contributed by atoms with van der Waals surface area (Å²) in [6.07, 6.45) is 0. The lowest BCUT2D eigenvalue weighted by Crippen LogP contribution is -2.25. The minimum absolute atomic E-state index is 0.649. The van der Waals surface area contributed by atoms with Gasteiger partial charge in [-0.2, -0.15) is 0 Å². The lowest BCUT2D eigenvalue weighted by Gasteiger charge is -2.25. The first-order valence-electron chi connectivity index (χ1n) is 14.1. The molecular formula is C36H18Br6Cl6P2. The van der Waals surface area contributed by atoms with Gasteiger partial charge in [0.15, 0.2) is 0 Å². The highest BCUT2D eigenvalue weighted by molar-refractivity contribution is 9.11. The summed E-state index contributed by atoms with van der Waals surface area (Å²) in [5.41, 5.74) is 0. The van der Waals surface area contributed by atoms with Gasteiger partial charge >= 0.3 is 0 Å². The van der Waals surface area contributed by atoms with Crippen molar-refractivity contribution in [1.82, 2.24) is 0 Å². The Bertz CT molecular complexity index is 1860. The number of rotatable bonds is 6. The smallest absolute Gasteiger partial charge is 0.0554 e. The first-order valence-corrected chi connectivity index (χ1v) is 23.8. The molecule has 0 bridgehead atoms. The van der Waals surface area contributed by atoms with E-state index in [2.05, 4.69) is 95.6 Å². The fraction of sp³-hybridized carbons (Fsp3) is 0. The molecule has 0 saturated heterocycles. The largest absolute Gasteiger partial charge is 0.0836 e. The zero-order chi connectivity index (χ0) is 36.3. The molecule has 0 fully saturated rings. The maximum absolute atomic E-state index is 6.60. The van der Waals surface area contributed by atoms with Crippen LogP contribution in [0.4, 0.5) is 0 Å².